The van der Waals surface area contributed by atoms with E-state index in [0.29, 0.717) is 19.6 Å². The molecule has 2 N–H and O–H groups in total. The quantitative estimate of drug-likeness (QED) is 0.423. The molecule has 3 saturated heterocycles. The van der Waals surface area contributed by atoms with Crippen molar-refractivity contribution in [2.75, 3.05) is 70.8 Å². The van der Waals surface area contributed by atoms with Crippen molar-refractivity contribution in [2.24, 2.45) is 0 Å². The number of nitrogens with zero attached hydrogens (tertiary/aromatic N) is 4. The van der Waals surface area contributed by atoms with Crippen LogP contribution in [0.3, 0.4) is 0 Å². The fourth-order valence-electron chi connectivity index (χ4n) is 6.10. The molecule has 226 valence electrons. The number of β-amino-alcohol motifs (C(OH)–C–C–N with tert-alkyl or cyclic N) is 1. The molecular weight excluding hydrogens is 534 g/mol. The van der Waals surface area contributed by atoms with Crippen molar-refractivity contribution in [2.45, 2.75) is 44.3 Å². The van der Waals surface area contributed by atoms with Crippen molar-refractivity contribution in [3.05, 3.63) is 54.6 Å². The average Bonchev–Trinajstić information content (AvgIpc) is 3.41. The van der Waals surface area contributed by atoms with Gasteiger partial charge in [0, 0.05) is 44.8 Å². The molecule has 3 amide bonds. The molecule has 0 aliphatic carbocycles. The van der Waals surface area contributed by atoms with Gasteiger partial charge in [-0.2, -0.15) is 0 Å². The molecule has 1 unspecified atom stereocenters. The zero-order valence-corrected chi connectivity index (χ0v) is 24.3. The number of ether oxygens (including phenoxy) is 1. The second-order valence-electron chi connectivity index (χ2n) is 11.6. The van der Waals surface area contributed by atoms with Crippen LogP contribution in [0, 0.1) is 0 Å². The Hall–Kier alpha value is -3.47. The van der Waals surface area contributed by atoms with Gasteiger partial charge in [0.1, 0.15) is 6.10 Å². The van der Waals surface area contributed by atoms with E-state index >= 15 is 0 Å². The van der Waals surface area contributed by atoms with E-state index in [2.05, 4.69) is 15.1 Å². The Kier molecular flexibility index (Phi) is 10.4. The lowest BCUT2D eigenvalue weighted by Gasteiger charge is -2.35. The van der Waals surface area contributed by atoms with Crippen molar-refractivity contribution >= 4 is 23.6 Å². The maximum absolute atomic E-state index is 12.7. The first-order valence-corrected chi connectivity index (χ1v) is 15.2. The maximum Gasteiger partial charge on any atom is 0.411 e. The Labute approximate surface area is 248 Å². The van der Waals surface area contributed by atoms with Gasteiger partial charge in [-0.05, 0) is 56.8 Å². The lowest BCUT2D eigenvalue weighted by atomic mass is 10.0. The van der Waals surface area contributed by atoms with E-state index in [-0.39, 0.29) is 37.1 Å². The SMILES string of the molecule is O=C(Nc1ccccc1-c1ccccc1)OC1CCN(CCCN2CC(=O)N(CCCN3CCC(O)C3)CC2=O)CC1. The first-order valence-electron chi connectivity index (χ1n) is 15.2. The minimum absolute atomic E-state index is 0.0122. The van der Waals surface area contributed by atoms with Gasteiger partial charge in [-0.1, -0.05) is 48.5 Å². The highest BCUT2D eigenvalue weighted by Gasteiger charge is 2.30. The van der Waals surface area contributed by atoms with Crippen molar-refractivity contribution in [3.63, 3.8) is 0 Å². The third-order valence-electron chi connectivity index (χ3n) is 8.47. The van der Waals surface area contributed by atoms with Crippen molar-refractivity contribution in [1.29, 1.82) is 0 Å². The van der Waals surface area contributed by atoms with Gasteiger partial charge in [-0.3, -0.25) is 14.9 Å². The highest BCUT2D eigenvalue weighted by atomic mass is 16.6. The lowest BCUT2D eigenvalue weighted by molar-refractivity contribution is -0.150. The van der Waals surface area contributed by atoms with E-state index in [1.807, 2.05) is 54.6 Å². The number of carbonyl (C=O) groups is 3. The van der Waals surface area contributed by atoms with Gasteiger partial charge in [-0.25, -0.2) is 4.79 Å². The van der Waals surface area contributed by atoms with Gasteiger partial charge in [0.2, 0.25) is 11.8 Å². The van der Waals surface area contributed by atoms with Gasteiger partial charge in [0.15, 0.2) is 0 Å². The normalized spacial score (nSPS) is 20.7. The van der Waals surface area contributed by atoms with E-state index in [9.17, 15) is 19.5 Å². The van der Waals surface area contributed by atoms with Crippen molar-refractivity contribution < 1.29 is 24.2 Å². The van der Waals surface area contributed by atoms with E-state index in [4.69, 9.17) is 4.74 Å². The molecule has 0 spiro atoms. The Bertz CT molecular complexity index is 1200. The second-order valence-corrected chi connectivity index (χ2v) is 11.6. The van der Waals surface area contributed by atoms with E-state index in [1.165, 1.54) is 0 Å². The number of hydrogen-bond acceptors (Lipinski definition) is 7. The van der Waals surface area contributed by atoms with E-state index < -0.39 is 6.09 Å². The van der Waals surface area contributed by atoms with Gasteiger partial charge < -0.3 is 29.4 Å². The van der Waals surface area contributed by atoms with Crippen LogP contribution in [0.2, 0.25) is 0 Å². The van der Waals surface area contributed by atoms with E-state index in [1.54, 1.807) is 9.80 Å². The predicted molar refractivity (Wildman–Crippen MR) is 161 cm³/mol. The molecule has 3 fully saturated rings. The van der Waals surface area contributed by atoms with Crippen LogP contribution in [-0.4, -0.2) is 120 Å². The number of aliphatic hydroxyl groups is 1. The number of rotatable bonds is 11. The third kappa shape index (κ3) is 8.30. The Morgan fingerprint density at radius 2 is 1.38 bits per heavy atom. The molecule has 0 radical (unpaired) electrons. The number of aliphatic hydroxyl groups excluding tert-OH is 1. The number of amides is 3. The molecule has 1 atom stereocenters. The Balaban J connectivity index is 0.970. The summed E-state index contributed by atoms with van der Waals surface area (Å²) in [7, 11) is 0. The molecule has 42 heavy (non-hydrogen) atoms. The summed E-state index contributed by atoms with van der Waals surface area (Å²) >= 11 is 0. The summed E-state index contributed by atoms with van der Waals surface area (Å²) in [5.41, 5.74) is 2.71. The Morgan fingerprint density at radius 1 is 0.786 bits per heavy atom. The molecule has 3 aliphatic rings. The summed E-state index contributed by atoms with van der Waals surface area (Å²) in [5.74, 6) is 0.0249. The fraction of sp³-hybridized carbons (Fsp3) is 0.531. The van der Waals surface area contributed by atoms with Crippen LogP contribution in [0.4, 0.5) is 10.5 Å². The van der Waals surface area contributed by atoms with Gasteiger partial charge in [0.05, 0.1) is 24.9 Å². The van der Waals surface area contributed by atoms with Crippen LogP contribution < -0.4 is 5.32 Å². The maximum atomic E-state index is 12.7. The number of likely N-dealkylation sites (tertiary alicyclic amines) is 2. The number of carbonyl (C=O) groups excluding carboxylic acids is 3. The number of piperazine rings is 1. The van der Waals surface area contributed by atoms with E-state index in [0.717, 1.165) is 81.6 Å². The van der Waals surface area contributed by atoms with Crippen LogP contribution in [0.15, 0.2) is 54.6 Å². The number of hydrogen-bond donors (Lipinski definition) is 2. The number of piperidine rings is 1. The van der Waals surface area contributed by atoms with Gasteiger partial charge in [0.25, 0.3) is 0 Å². The van der Waals surface area contributed by atoms with Gasteiger partial charge >= 0.3 is 6.09 Å². The zero-order chi connectivity index (χ0) is 29.3. The smallest absolute Gasteiger partial charge is 0.411 e. The molecule has 0 saturated carbocycles. The summed E-state index contributed by atoms with van der Waals surface area (Å²) < 4.78 is 5.75. The minimum atomic E-state index is -0.436. The molecule has 2 aromatic carbocycles. The van der Waals surface area contributed by atoms with Crippen LogP contribution in [0.1, 0.15) is 32.1 Å². The Morgan fingerprint density at radius 3 is 2.02 bits per heavy atom. The molecule has 2 aromatic rings. The number of nitrogens with one attached hydrogen (secondary N) is 1. The number of benzene rings is 2. The molecule has 0 bridgehead atoms. The first kappa shape index (κ1) is 30.0. The van der Waals surface area contributed by atoms with Crippen LogP contribution in [-0.2, 0) is 14.3 Å². The van der Waals surface area contributed by atoms with Crippen LogP contribution in [0.25, 0.3) is 11.1 Å². The summed E-state index contributed by atoms with van der Waals surface area (Å²) in [6.07, 6.45) is 3.15. The predicted octanol–water partition coefficient (Wildman–Crippen LogP) is 2.88. The summed E-state index contributed by atoms with van der Waals surface area (Å²) in [4.78, 5) is 45.9. The third-order valence-corrected chi connectivity index (χ3v) is 8.47. The second kappa shape index (κ2) is 14.6. The lowest BCUT2D eigenvalue weighted by Crippen LogP contribution is -2.54. The summed E-state index contributed by atoms with van der Waals surface area (Å²) in [6.45, 7) is 6.39. The zero-order valence-electron chi connectivity index (χ0n) is 24.3. The van der Waals surface area contributed by atoms with Crippen LogP contribution >= 0.6 is 0 Å². The molecule has 3 aliphatic heterocycles. The van der Waals surface area contributed by atoms with Gasteiger partial charge in [-0.15, -0.1) is 0 Å². The molecule has 10 nitrogen and oxygen atoms in total. The largest absolute Gasteiger partial charge is 0.446 e. The molecule has 0 aromatic heterocycles. The standard InChI is InChI=1S/C32H43N5O5/c38-26-12-19-35(22-26)16-7-18-37-24-30(39)36(23-31(37)40)17-6-15-34-20-13-27(14-21-34)42-32(41)33-29-11-5-4-10-28(29)25-8-2-1-3-9-25/h1-5,8-11,26-27,38H,6-7,12-24H2,(H,33,41). The first-order chi connectivity index (χ1) is 20.4. The van der Waals surface area contributed by atoms with Crippen molar-refractivity contribution in [3.8, 4) is 11.1 Å². The monoisotopic (exact) mass is 577 g/mol. The number of anilines is 1. The topological polar surface area (TPSA) is 106 Å². The number of para-hydroxylation sites is 1. The molecule has 3 heterocycles. The summed E-state index contributed by atoms with van der Waals surface area (Å²) in [6, 6.07) is 17.7. The highest BCUT2D eigenvalue weighted by molar-refractivity contribution is 5.92. The van der Waals surface area contributed by atoms with Crippen molar-refractivity contribution in [1.82, 2.24) is 19.6 Å². The summed E-state index contributed by atoms with van der Waals surface area (Å²) in [5, 5.41) is 12.6. The average molecular weight is 578 g/mol. The molecule has 5 rings (SSSR count). The molecule has 10 heteroatoms. The highest BCUT2D eigenvalue weighted by Crippen LogP contribution is 2.28. The molecular formula is C32H43N5O5. The van der Waals surface area contributed by atoms with Crippen LogP contribution in [0.5, 0.6) is 0 Å². The minimum Gasteiger partial charge on any atom is -0.446 e. The fourth-order valence-corrected chi connectivity index (χ4v) is 6.10.